The van der Waals surface area contributed by atoms with E-state index in [-0.39, 0.29) is 23.7 Å². The van der Waals surface area contributed by atoms with Crippen LogP contribution in [-0.2, 0) is 11.3 Å². The number of hydrogen-bond acceptors (Lipinski definition) is 3. The van der Waals surface area contributed by atoms with Crippen LogP contribution in [0.15, 0.2) is 54.6 Å². The molecule has 1 fully saturated rings. The summed E-state index contributed by atoms with van der Waals surface area (Å²) in [7, 11) is 0. The molecule has 2 aromatic rings. The van der Waals surface area contributed by atoms with E-state index in [0.29, 0.717) is 38.3 Å². The monoisotopic (exact) mass is 411 g/mol. The van der Waals surface area contributed by atoms with Crippen LogP contribution in [0.5, 0.6) is 0 Å². The highest BCUT2D eigenvalue weighted by molar-refractivity contribution is 5.94. The Morgan fingerprint density at radius 3 is 2.37 bits per heavy atom. The molecule has 0 bridgehead atoms. The number of benzene rings is 2. The predicted octanol–water partition coefficient (Wildman–Crippen LogP) is 3.41. The lowest BCUT2D eigenvalue weighted by Crippen LogP contribution is -2.48. The van der Waals surface area contributed by atoms with Gasteiger partial charge in [-0.2, -0.15) is 0 Å². The van der Waals surface area contributed by atoms with Crippen molar-refractivity contribution in [1.29, 1.82) is 0 Å². The first kappa shape index (κ1) is 22.0. The van der Waals surface area contributed by atoms with Crippen LogP contribution >= 0.6 is 0 Å². The van der Waals surface area contributed by atoms with Crippen molar-refractivity contribution in [3.8, 4) is 0 Å². The molecule has 0 spiro atoms. The molecule has 160 valence electrons. The molecule has 0 aromatic heterocycles. The van der Waals surface area contributed by atoms with Crippen molar-refractivity contribution in [3.63, 3.8) is 0 Å². The fourth-order valence-corrected chi connectivity index (χ4v) is 3.87. The standard InChI is InChI=1S/C24H30FN3O2/c1-3-26(18-20-8-5-4-6-9-20)23(29)19(2)27-14-7-15-28(17-16-27)24(30)21-10-12-22(25)13-11-21/h4-6,8-13,19H,3,7,14-18H2,1-2H3. The molecule has 0 aliphatic carbocycles. The molecular weight excluding hydrogens is 381 g/mol. The van der Waals surface area contributed by atoms with Gasteiger partial charge in [0.1, 0.15) is 5.82 Å². The third kappa shape index (κ3) is 5.45. The zero-order valence-electron chi connectivity index (χ0n) is 17.8. The van der Waals surface area contributed by atoms with Gasteiger partial charge >= 0.3 is 0 Å². The van der Waals surface area contributed by atoms with E-state index in [1.807, 2.05) is 49.1 Å². The van der Waals surface area contributed by atoms with Crippen LogP contribution in [0, 0.1) is 5.82 Å². The Labute approximate surface area is 178 Å². The first-order valence-electron chi connectivity index (χ1n) is 10.6. The summed E-state index contributed by atoms with van der Waals surface area (Å²) in [5, 5.41) is 0. The Morgan fingerprint density at radius 2 is 1.70 bits per heavy atom. The van der Waals surface area contributed by atoms with Crippen molar-refractivity contribution in [2.24, 2.45) is 0 Å². The average molecular weight is 412 g/mol. The molecule has 3 rings (SSSR count). The molecule has 0 radical (unpaired) electrons. The van der Waals surface area contributed by atoms with Crippen LogP contribution in [0.25, 0.3) is 0 Å². The molecule has 1 saturated heterocycles. The van der Waals surface area contributed by atoms with Gasteiger partial charge in [-0.3, -0.25) is 14.5 Å². The summed E-state index contributed by atoms with van der Waals surface area (Å²) in [6, 6.07) is 15.4. The minimum absolute atomic E-state index is 0.0879. The predicted molar refractivity (Wildman–Crippen MR) is 115 cm³/mol. The van der Waals surface area contributed by atoms with Crippen molar-refractivity contribution in [3.05, 3.63) is 71.5 Å². The number of rotatable bonds is 6. The van der Waals surface area contributed by atoms with Crippen molar-refractivity contribution in [2.75, 3.05) is 32.7 Å². The van der Waals surface area contributed by atoms with E-state index in [2.05, 4.69) is 4.90 Å². The van der Waals surface area contributed by atoms with Gasteiger partial charge in [0.05, 0.1) is 6.04 Å². The molecular formula is C24H30FN3O2. The van der Waals surface area contributed by atoms with E-state index in [0.717, 1.165) is 18.5 Å². The van der Waals surface area contributed by atoms with E-state index in [4.69, 9.17) is 0 Å². The second kappa shape index (κ2) is 10.3. The Kier molecular flexibility index (Phi) is 7.57. The highest BCUT2D eigenvalue weighted by Gasteiger charge is 2.28. The fourth-order valence-electron chi connectivity index (χ4n) is 3.87. The lowest BCUT2D eigenvalue weighted by molar-refractivity contribution is -0.136. The lowest BCUT2D eigenvalue weighted by atomic mass is 10.1. The molecule has 1 aliphatic heterocycles. The number of nitrogens with zero attached hydrogens (tertiary/aromatic N) is 3. The van der Waals surface area contributed by atoms with Crippen LogP contribution in [0.4, 0.5) is 4.39 Å². The third-order valence-electron chi connectivity index (χ3n) is 5.72. The Balaban J connectivity index is 1.60. The van der Waals surface area contributed by atoms with E-state index in [1.54, 1.807) is 4.90 Å². The minimum Gasteiger partial charge on any atom is -0.337 e. The van der Waals surface area contributed by atoms with Gasteiger partial charge < -0.3 is 9.80 Å². The van der Waals surface area contributed by atoms with Gasteiger partial charge in [0, 0.05) is 44.8 Å². The molecule has 1 aliphatic rings. The van der Waals surface area contributed by atoms with E-state index >= 15 is 0 Å². The smallest absolute Gasteiger partial charge is 0.253 e. The molecule has 1 heterocycles. The Hall–Kier alpha value is -2.73. The summed E-state index contributed by atoms with van der Waals surface area (Å²) in [6.45, 7) is 7.80. The van der Waals surface area contributed by atoms with Crippen molar-refractivity contribution < 1.29 is 14.0 Å². The van der Waals surface area contributed by atoms with E-state index in [1.165, 1.54) is 24.3 Å². The van der Waals surface area contributed by atoms with Crippen molar-refractivity contribution >= 4 is 11.8 Å². The average Bonchev–Trinajstić information content (AvgIpc) is 3.03. The van der Waals surface area contributed by atoms with Gasteiger partial charge in [-0.05, 0) is 50.1 Å². The molecule has 0 N–H and O–H groups in total. The van der Waals surface area contributed by atoms with Gasteiger partial charge in [-0.15, -0.1) is 0 Å². The van der Waals surface area contributed by atoms with E-state index in [9.17, 15) is 14.0 Å². The van der Waals surface area contributed by atoms with Crippen molar-refractivity contribution in [1.82, 2.24) is 14.7 Å². The lowest BCUT2D eigenvalue weighted by Gasteiger charge is -2.31. The molecule has 2 aromatic carbocycles. The zero-order chi connectivity index (χ0) is 21.5. The number of halogens is 1. The molecule has 6 heteroatoms. The Bertz CT molecular complexity index is 841. The summed E-state index contributed by atoms with van der Waals surface area (Å²) >= 11 is 0. The van der Waals surface area contributed by atoms with Gasteiger partial charge in [0.2, 0.25) is 5.91 Å². The van der Waals surface area contributed by atoms with Gasteiger partial charge in [-0.25, -0.2) is 4.39 Å². The number of likely N-dealkylation sites (N-methyl/N-ethyl adjacent to an activating group) is 1. The first-order chi connectivity index (χ1) is 14.5. The maximum absolute atomic E-state index is 13.1. The molecule has 5 nitrogen and oxygen atoms in total. The van der Waals surface area contributed by atoms with Crippen LogP contribution in [0.2, 0.25) is 0 Å². The number of hydrogen-bond donors (Lipinski definition) is 0. The topological polar surface area (TPSA) is 43.9 Å². The summed E-state index contributed by atoms with van der Waals surface area (Å²) in [5.41, 5.74) is 1.61. The third-order valence-corrected chi connectivity index (χ3v) is 5.72. The van der Waals surface area contributed by atoms with Crippen molar-refractivity contribution in [2.45, 2.75) is 32.9 Å². The van der Waals surface area contributed by atoms with Crippen LogP contribution < -0.4 is 0 Å². The second-order valence-corrected chi connectivity index (χ2v) is 7.70. The summed E-state index contributed by atoms with van der Waals surface area (Å²) < 4.78 is 13.1. The van der Waals surface area contributed by atoms with Gasteiger partial charge in [-0.1, -0.05) is 30.3 Å². The second-order valence-electron chi connectivity index (χ2n) is 7.70. The molecule has 0 saturated carbocycles. The normalized spacial score (nSPS) is 16.0. The molecule has 2 amide bonds. The molecule has 30 heavy (non-hydrogen) atoms. The van der Waals surface area contributed by atoms with Crippen LogP contribution in [0.3, 0.4) is 0 Å². The Morgan fingerprint density at radius 1 is 1.00 bits per heavy atom. The summed E-state index contributed by atoms with van der Waals surface area (Å²) in [4.78, 5) is 31.7. The highest BCUT2D eigenvalue weighted by atomic mass is 19.1. The number of carbonyl (C=O) groups is 2. The summed E-state index contributed by atoms with van der Waals surface area (Å²) in [5.74, 6) is -0.327. The van der Waals surface area contributed by atoms with Gasteiger partial charge in [0.25, 0.3) is 5.91 Å². The largest absolute Gasteiger partial charge is 0.337 e. The number of carbonyl (C=O) groups excluding carboxylic acids is 2. The maximum atomic E-state index is 13.1. The maximum Gasteiger partial charge on any atom is 0.253 e. The van der Waals surface area contributed by atoms with E-state index < -0.39 is 0 Å². The first-order valence-corrected chi connectivity index (χ1v) is 10.6. The quantitative estimate of drug-likeness (QED) is 0.732. The van der Waals surface area contributed by atoms with Gasteiger partial charge in [0.15, 0.2) is 0 Å². The highest BCUT2D eigenvalue weighted by Crippen LogP contribution is 2.14. The fraction of sp³-hybridized carbons (Fsp3) is 0.417. The SMILES string of the molecule is CCN(Cc1ccccc1)C(=O)C(C)N1CCCN(C(=O)c2ccc(F)cc2)CC1. The van der Waals surface area contributed by atoms with Crippen LogP contribution in [0.1, 0.15) is 36.2 Å². The minimum atomic E-state index is -0.350. The number of amides is 2. The zero-order valence-corrected chi connectivity index (χ0v) is 17.8. The van der Waals surface area contributed by atoms with Crippen LogP contribution in [-0.4, -0.2) is 65.3 Å². The molecule has 1 atom stereocenters. The summed E-state index contributed by atoms with van der Waals surface area (Å²) in [6.07, 6.45) is 0.801. The molecule has 1 unspecified atom stereocenters.